The van der Waals surface area contributed by atoms with E-state index in [4.69, 9.17) is 15.7 Å². The van der Waals surface area contributed by atoms with Crippen LogP contribution < -0.4 is 10.5 Å². The summed E-state index contributed by atoms with van der Waals surface area (Å²) < 4.78 is 19.5. The largest absolute Gasteiger partial charge is 0.455 e. The molecular weight excluding hydrogens is 317 g/mol. The maximum absolute atomic E-state index is 13.2. The monoisotopic (exact) mass is 325 g/mol. The van der Waals surface area contributed by atoms with Crippen LogP contribution in [0.4, 0.5) is 4.39 Å². The van der Waals surface area contributed by atoms with E-state index in [1.165, 1.54) is 18.3 Å². The molecule has 2 rings (SSSR count). The molecular formula is C12H9BrFN3O2. The number of nitrogens with two attached hydrogens (primary N) is 1. The number of hydrogen-bond donors (Lipinski definition) is 2. The van der Waals surface area contributed by atoms with Gasteiger partial charge in [-0.15, -0.1) is 0 Å². The van der Waals surface area contributed by atoms with E-state index in [0.717, 1.165) is 10.5 Å². The molecule has 0 bridgehead atoms. The predicted molar refractivity (Wildman–Crippen MR) is 70.9 cm³/mol. The Bertz CT molecular complexity index is 634. The van der Waals surface area contributed by atoms with E-state index >= 15 is 0 Å². The van der Waals surface area contributed by atoms with Gasteiger partial charge in [-0.2, -0.15) is 0 Å². The van der Waals surface area contributed by atoms with E-state index in [2.05, 4.69) is 26.1 Å². The average Bonchev–Trinajstić information content (AvgIpc) is 2.40. The molecule has 0 atom stereocenters. The summed E-state index contributed by atoms with van der Waals surface area (Å²) in [5.74, 6) is -0.0525. The first-order chi connectivity index (χ1) is 9.10. The molecule has 1 aromatic carbocycles. The van der Waals surface area contributed by atoms with Crippen LogP contribution in [0.25, 0.3) is 0 Å². The van der Waals surface area contributed by atoms with E-state index < -0.39 is 5.82 Å². The molecule has 0 saturated carbocycles. The summed E-state index contributed by atoms with van der Waals surface area (Å²) >= 11 is 3.26. The molecule has 3 N–H and O–H groups in total. The van der Waals surface area contributed by atoms with Gasteiger partial charge in [-0.3, -0.25) is 4.98 Å². The molecule has 0 amide bonds. The van der Waals surface area contributed by atoms with Crippen LogP contribution in [0.5, 0.6) is 11.5 Å². The zero-order valence-corrected chi connectivity index (χ0v) is 11.1. The lowest BCUT2D eigenvalue weighted by molar-refractivity contribution is 0.318. The first kappa shape index (κ1) is 13.3. The summed E-state index contributed by atoms with van der Waals surface area (Å²) in [6.07, 6.45) is 3.09. The SMILES string of the molecule is NC(=NO)c1cc(F)ccc1Oc1cncc(Br)c1. The van der Waals surface area contributed by atoms with Gasteiger partial charge in [0.25, 0.3) is 0 Å². The van der Waals surface area contributed by atoms with E-state index in [1.54, 1.807) is 12.3 Å². The van der Waals surface area contributed by atoms with E-state index in [1.807, 2.05) is 0 Å². The van der Waals surface area contributed by atoms with Crippen molar-refractivity contribution < 1.29 is 14.3 Å². The highest BCUT2D eigenvalue weighted by Gasteiger charge is 2.11. The van der Waals surface area contributed by atoms with Gasteiger partial charge in [0.2, 0.25) is 0 Å². The lowest BCUT2D eigenvalue weighted by Crippen LogP contribution is -2.14. The second kappa shape index (κ2) is 5.66. The first-order valence-corrected chi connectivity index (χ1v) is 5.95. The van der Waals surface area contributed by atoms with Crippen molar-refractivity contribution in [3.8, 4) is 11.5 Å². The topological polar surface area (TPSA) is 80.7 Å². The molecule has 0 aliphatic heterocycles. The van der Waals surface area contributed by atoms with Crippen molar-refractivity contribution in [1.82, 2.24) is 4.98 Å². The summed E-state index contributed by atoms with van der Waals surface area (Å²) in [6, 6.07) is 5.42. The smallest absolute Gasteiger partial charge is 0.173 e. The van der Waals surface area contributed by atoms with Crippen LogP contribution in [0, 0.1) is 5.82 Å². The van der Waals surface area contributed by atoms with Crippen LogP contribution in [0.1, 0.15) is 5.56 Å². The quantitative estimate of drug-likeness (QED) is 0.393. The number of aromatic nitrogens is 1. The molecule has 0 unspecified atom stereocenters. The summed E-state index contributed by atoms with van der Waals surface area (Å²) in [4.78, 5) is 3.94. The third-order valence-corrected chi connectivity index (χ3v) is 2.67. The van der Waals surface area contributed by atoms with Crippen molar-refractivity contribution in [1.29, 1.82) is 0 Å². The Kier molecular flexibility index (Phi) is 3.96. The van der Waals surface area contributed by atoms with Crippen molar-refractivity contribution in [2.45, 2.75) is 0 Å². The second-order valence-corrected chi connectivity index (χ2v) is 4.48. The van der Waals surface area contributed by atoms with Crippen LogP contribution >= 0.6 is 15.9 Å². The maximum atomic E-state index is 13.2. The lowest BCUT2D eigenvalue weighted by atomic mass is 10.2. The normalized spacial score (nSPS) is 11.4. The lowest BCUT2D eigenvalue weighted by Gasteiger charge is -2.10. The second-order valence-electron chi connectivity index (χ2n) is 3.57. The van der Waals surface area contributed by atoms with Gasteiger partial charge in [0.15, 0.2) is 5.84 Å². The zero-order valence-electron chi connectivity index (χ0n) is 9.55. The number of oxime groups is 1. The highest BCUT2D eigenvalue weighted by atomic mass is 79.9. The van der Waals surface area contributed by atoms with Gasteiger partial charge in [0, 0.05) is 10.7 Å². The number of hydrogen-bond acceptors (Lipinski definition) is 4. The molecule has 2 aromatic rings. The first-order valence-electron chi connectivity index (χ1n) is 5.16. The van der Waals surface area contributed by atoms with Gasteiger partial charge in [0.05, 0.1) is 11.8 Å². The number of rotatable bonds is 3. The minimum Gasteiger partial charge on any atom is -0.455 e. The Morgan fingerprint density at radius 3 is 2.84 bits per heavy atom. The summed E-state index contributed by atoms with van der Waals surface area (Å²) in [5, 5.41) is 11.5. The van der Waals surface area contributed by atoms with Gasteiger partial charge in [-0.25, -0.2) is 4.39 Å². The molecule has 0 fully saturated rings. The molecule has 1 heterocycles. The van der Waals surface area contributed by atoms with Crippen molar-refractivity contribution in [2.24, 2.45) is 10.9 Å². The summed E-state index contributed by atoms with van der Waals surface area (Å²) in [5.41, 5.74) is 5.63. The highest BCUT2D eigenvalue weighted by Crippen LogP contribution is 2.27. The Balaban J connectivity index is 2.40. The van der Waals surface area contributed by atoms with E-state index in [-0.39, 0.29) is 17.1 Å². The fraction of sp³-hybridized carbons (Fsp3) is 0. The average molecular weight is 326 g/mol. The summed E-state index contributed by atoms with van der Waals surface area (Å²) in [7, 11) is 0. The number of amidine groups is 1. The van der Waals surface area contributed by atoms with Crippen LogP contribution in [0.3, 0.4) is 0 Å². The third-order valence-electron chi connectivity index (χ3n) is 2.23. The molecule has 0 radical (unpaired) electrons. The molecule has 98 valence electrons. The molecule has 0 aliphatic carbocycles. The van der Waals surface area contributed by atoms with Gasteiger partial charge in [-0.05, 0) is 40.2 Å². The minimum atomic E-state index is -0.513. The van der Waals surface area contributed by atoms with Gasteiger partial charge in [-0.1, -0.05) is 5.16 Å². The van der Waals surface area contributed by atoms with Crippen molar-refractivity contribution in [3.05, 3.63) is 52.5 Å². The Morgan fingerprint density at radius 2 is 2.16 bits per heavy atom. The number of benzene rings is 1. The zero-order chi connectivity index (χ0) is 13.8. The number of halogens is 2. The van der Waals surface area contributed by atoms with Gasteiger partial charge in [0.1, 0.15) is 17.3 Å². The van der Waals surface area contributed by atoms with Crippen LogP contribution in [0.15, 0.2) is 46.3 Å². The molecule has 5 nitrogen and oxygen atoms in total. The van der Waals surface area contributed by atoms with Gasteiger partial charge >= 0.3 is 0 Å². The van der Waals surface area contributed by atoms with Gasteiger partial charge < -0.3 is 15.7 Å². The molecule has 7 heteroatoms. The van der Waals surface area contributed by atoms with Crippen molar-refractivity contribution >= 4 is 21.8 Å². The molecule has 0 saturated heterocycles. The third kappa shape index (κ3) is 3.19. The van der Waals surface area contributed by atoms with Crippen LogP contribution in [-0.4, -0.2) is 16.0 Å². The minimum absolute atomic E-state index is 0.155. The number of pyridine rings is 1. The predicted octanol–water partition coefficient (Wildman–Crippen LogP) is 2.87. The molecule has 1 aromatic heterocycles. The Hall–Kier alpha value is -2.15. The maximum Gasteiger partial charge on any atom is 0.173 e. The highest BCUT2D eigenvalue weighted by molar-refractivity contribution is 9.10. The molecule has 0 spiro atoms. The molecule has 19 heavy (non-hydrogen) atoms. The number of nitrogens with zero attached hydrogens (tertiary/aromatic N) is 2. The fourth-order valence-corrected chi connectivity index (χ4v) is 1.76. The van der Waals surface area contributed by atoms with Crippen LogP contribution in [-0.2, 0) is 0 Å². The van der Waals surface area contributed by atoms with Crippen molar-refractivity contribution in [3.63, 3.8) is 0 Å². The number of ether oxygens (including phenoxy) is 1. The van der Waals surface area contributed by atoms with Crippen molar-refractivity contribution in [2.75, 3.05) is 0 Å². The Morgan fingerprint density at radius 1 is 1.37 bits per heavy atom. The standard InChI is InChI=1S/C12H9BrFN3O2/c13-7-3-9(6-16-5-7)19-11-2-1-8(14)4-10(11)12(15)17-18/h1-6,18H,(H2,15,17). The van der Waals surface area contributed by atoms with E-state index in [9.17, 15) is 4.39 Å². The fourth-order valence-electron chi connectivity index (χ4n) is 1.42. The molecule has 0 aliphatic rings. The van der Waals surface area contributed by atoms with E-state index in [0.29, 0.717) is 5.75 Å². The van der Waals surface area contributed by atoms with Crippen LogP contribution in [0.2, 0.25) is 0 Å². The summed E-state index contributed by atoms with van der Waals surface area (Å²) in [6.45, 7) is 0. The Labute approximate surface area is 116 Å².